The van der Waals surface area contributed by atoms with Gasteiger partial charge in [0.05, 0.1) is 6.07 Å². The summed E-state index contributed by atoms with van der Waals surface area (Å²) in [6, 6.07) is 18.1. The molecule has 94 valence electrons. The Morgan fingerprint density at radius 3 is 2.79 bits per heavy atom. The molecule has 0 radical (unpaired) electrons. The SMILES string of the molecule is N#CC1(Nc2cccc(Cl)c2)CCc2ccccc21. The van der Waals surface area contributed by atoms with Crippen molar-refractivity contribution >= 4 is 17.3 Å². The highest BCUT2D eigenvalue weighted by Gasteiger charge is 2.38. The second-order valence-electron chi connectivity index (χ2n) is 4.81. The van der Waals surface area contributed by atoms with Gasteiger partial charge >= 0.3 is 0 Å². The third kappa shape index (κ3) is 2.07. The van der Waals surface area contributed by atoms with Gasteiger partial charge in [-0.15, -0.1) is 0 Å². The van der Waals surface area contributed by atoms with Gasteiger partial charge in [-0.05, 0) is 42.2 Å². The van der Waals surface area contributed by atoms with E-state index >= 15 is 0 Å². The van der Waals surface area contributed by atoms with Gasteiger partial charge in [0.1, 0.15) is 0 Å². The first-order chi connectivity index (χ1) is 9.23. The van der Waals surface area contributed by atoms with E-state index < -0.39 is 5.54 Å². The number of rotatable bonds is 2. The lowest BCUT2D eigenvalue weighted by molar-refractivity contribution is 0.621. The van der Waals surface area contributed by atoms with Gasteiger partial charge in [-0.1, -0.05) is 41.9 Å². The highest BCUT2D eigenvalue weighted by molar-refractivity contribution is 6.30. The number of nitrogens with zero attached hydrogens (tertiary/aromatic N) is 1. The van der Waals surface area contributed by atoms with E-state index in [9.17, 15) is 5.26 Å². The molecule has 0 heterocycles. The van der Waals surface area contributed by atoms with Gasteiger partial charge in [-0.2, -0.15) is 5.26 Å². The van der Waals surface area contributed by atoms with Crippen molar-refractivity contribution in [2.24, 2.45) is 0 Å². The molecule has 1 N–H and O–H groups in total. The van der Waals surface area contributed by atoms with Crippen molar-refractivity contribution in [1.29, 1.82) is 5.26 Å². The van der Waals surface area contributed by atoms with Crippen LogP contribution in [-0.4, -0.2) is 0 Å². The molecule has 0 aliphatic heterocycles. The lowest BCUT2D eigenvalue weighted by atomic mass is 9.93. The Kier molecular flexibility index (Phi) is 2.93. The fraction of sp³-hybridized carbons (Fsp3) is 0.188. The second-order valence-corrected chi connectivity index (χ2v) is 5.25. The van der Waals surface area contributed by atoms with Crippen LogP contribution >= 0.6 is 11.6 Å². The zero-order valence-corrected chi connectivity index (χ0v) is 11.1. The second kappa shape index (κ2) is 4.60. The monoisotopic (exact) mass is 268 g/mol. The summed E-state index contributed by atoms with van der Waals surface area (Å²) >= 11 is 6.00. The molecule has 19 heavy (non-hydrogen) atoms. The topological polar surface area (TPSA) is 35.8 Å². The molecule has 0 bridgehead atoms. The van der Waals surface area contributed by atoms with Gasteiger partial charge in [0.25, 0.3) is 0 Å². The normalized spacial score (nSPS) is 20.6. The Balaban J connectivity index is 2.01. The molecule has 3 rings (SSSR count). The van der Waals surface area contributed by atoms with Crippen molar-refractivity contribution in [1.82, 2.24) is 0 Å². The summed E-state index contributed by atoms with van der Waals surface area (Å²) in [4.78, 5) is 0. The maximum atomic E-state index is 9.65. The summed E-state index contributed by atoms with van der Waals surface area (Å²) in [5.41, 5.74) is 2.57. The number of halogens is 1. The summed E-state index contributed by atoms with van der Waals surface area (Å²) in [5.74, 6) is 0. The van der Waals surface area contributed by atoms with Crippen molar-refractivity contribution < 1.29 is 0 Å². The van der Waals surface area contributed by atoms with Crippen LogP contribution in [0.1, 0.15) is 17.5 Å². The predicted molar refractivity (Wildman–Crippen MR) is 77.1 cm³/mol. The van der Waals surface area contributed by atoms with E-state index in [1.165, 1.54) is 5.56 Å². The van der Waals surface area contributed by atoms with Crippen LogP contribution in [0.4, 0.5) is 5.69 Å². The third-order valence-electron chi connectivity index (χ3n) is 3.62. The van der Waals surface area contributed by atoms with Gasteiger partial charge in [-0.3, -0.25) is 0 Å². The number of nitriles is 1. The number of benzene rings is 2. The van der Waals surface area contributed by atoms with Crippen LogP contribution in [0.2, 0.25) is 5.02 Å². The van der Waals surface area contributed by atoms with Crippen LogP contribution in [0.25, 0.3) is 0 Å². The molecule has 0 saturated carbocycles. The molecule has 2 aromatic rings. The molecule has 0 fully saturated rings. The lowest BCUT2D eigenvalue weighted by Gasteiger charge is -2.25. The summed E-state index contributed by atoms with van der Waals surface area (Å²) in [6.45, 7) is 0. The smallest absolute Gasteiger partial charge is 0.151 e. The third-order valence-corrected chi connectivity index (χ3v) is 3.85. The molecule has 0 aromatic heterocycles. The van der Waals surface area contributed by atoms with Crippen molar-refractivity contribution in [2.45, 2.75) is 18.4 Å². The average molecular weight is 269 g/mol. The first-order valence-electron chi connectivity index (χ1n) is 6.27. The van der Waals surface area contributed by atoms with E-state index in [4.69, 9.17) is 11.6 Å². The van der Waals surface area contributed by atoms with Crippen molar-refractivity contribution in [3.05, 3.63) is 64.7 Å². The molecule has 2 nitrogen and oxygen atoms in total. The Bertz CT molecular complexity index is 660. The highest BCUT2D eigenvalue weighted by Crippen LogP contribution is 2.39. The van der Waals surface area contributed by atoms with Crippen LogP contribution in [0.15, 0.2) is 48.5 Å². The average Bonchev–Trinajstić information content (AvgIpc) is 2.79. The standard InChI is InChI=1S/C16H13ClN2/c17-13-5-3-6-14(10-13)19-16(11-18)9-8-12-4-1-2-7-15(12)16/h1-7,10,19H,8-9H2. The van der Waals surface area contributed by atoms with Crippen LogP contribution in [0.3, 0.4) is 0 Å². The predicted octanol–water partition coefficient (Wildman–Crippen LogP) is 4.12. The molecule has 3 heteroatoms. The van der Waals surface area contributed by atoms with Crippen molar-refractivity contribution in [2.75, 3.05) is 5.32 Å². The molecule has 2 aromatic carbocycles. The number of anilines is 1. The Morgan fingerprint density at radius 2 is 2.00 bits per heavy atom. The van der Waals surface area contributed by atoms with Crippen LogP contribution in [0.5, 0.6) is 0 Å². The summed E-state index contributed by atoms with van der Waals surface area (Å²) in [7, 11) is 0. The zero-order valence-electron chi connectivity index (χ0n) is 10.4. The number of hydrogen-bond acceptors (Lipinski definition) is 2. The van der Waals surface area contributed by atoms with E-state index in [0.717, 1.165) is 24.1 Å². The van der Waals surface area contributed by atoms with Crippen LogP contribution in [0, 0.1) is 11.3 Å². The lowest BCUT2D eigenvalue weighted by Crippen LogP contribution is -2.31. The minimum absolute atomic E-state index is 0.638. The Morgan fingerprint density at radius 1 is 1.16 bits per heavy atom. The molecule has 1 unspecified atom stereocenters. The van der Waals surface area contributed by atoms with Gasteiger partial charge < -0.3 is 5.32 Å². The van der Waals surface area contributed by atoms with E-state index in [1.807, 2.05) is 42.5 Å². The minimum Gasteiger partial charge on any atom is -0.364 e. The zero-order chi connectivity index (χ0) is 13.3. The molecule has 0 amide bonds. The fourth-order valence-electron chi connectivity index (χ4n) is 2.70. The van der Waals surface area contributed by atoms with Crippen LogP contribution in [-0.2, 0) is 12.0 Å². The molecular formula is C16H13ClN2. The van der Waals surface area contributed by atoms with Crippen molar-refractivity contribution in [3.63, 3.8) is 0 Å². The van der Waals surface area contributed by atoms with Crippen molar-refractivity contribution in [3.8, 4) is 6.07 Å². The van der Waals surface area contributed by atoms with E-state index in [-0.39, 0.29) is 0 Å². The quantitative estimate of drug-likeness (QED) is 0.889. The first-order valence-corrected chi connectivity index (χ1v) is 6.65. The number of aryl methyl sites for hydroxylation is 1. The number of fused-ring (bicyclic) bond motifs is 1. The molecule has 1 atom stereocenters. The van der Waals surface area contributed by atoms with E-state index in [0.29, 0.717) is 5.02 Å². The fourth-order valence-corrected chi connectivity index (χ4v) is 2.89. The highest BCUT2D eigenvalue weighted by atomic mass is 35.5. The maximum absolute atomic E-state index is 9.65. The molecule has 0 spiro atoms. The van der Waals surface area contributed by atoms with E-state index in [2.05, 4.69) is 17.5 Å². The van der Waals surface area contributed by atoms with Gasteiger partial charge in [0.15, 0.2) is 5.54 Å². The van der Waals surface area contributed by atoms with Gasteiger partial charge in [0, 0.05) is 10.7 Å². The van der Waals surface area contributed by atoms with E-state index in [1.54, 1.807) is 0 Å². The summed E-state index contributed by atoms with van der Waals surface area (Å²) < 4.78 is 0. The first kappa shape index (κ1) is 12.1. The van der Waals surface area contributed by atoms with Crippen LogP contribution < -0.4 is 5.32 Å². The number of hydrogen-bond donors (Lipinski definition) is 1. The molecular weight excluding hydrogens is 256 g/mol. The Hall–Kier alpha value is -1.98. The largest absolute Gasteiger partial charge is 0.364 e. The minimum atomic E-state index is -0.638. The van der Waals surface area contributed by atoms with Gasteiger partial charge in [0.2, 0.25) is 0 Å². The Labute approximate surface area is 117 Å². The molecule has 1 aliphatic rings. The molecule has 1 aliphatic carbocycles. The summed E-state index contributed by atoms with van der Waals surface area (Å²) in [6.07, 6.45) is 1.71. The maximum Gasteiger partial charge on any atom is 0.151 e. The van der Waals surface area contributed by atoms with Gasteiger partial charge in [-0.25, -0.2) is 0 Å². The number of nitrogens with one attached hydrogen (secondary N) is 1. The summed E-state index contributed by atoms with van der Waals surface area (Å²) in [5, 5.41) is 13.7. The molecule has 0 saturated heterocycles.